The number of ether oxygens (including phenoxy) is 1. The fourth-order valence-electron chi connectivity index (χ4n) is 2.45. The van der Waals surface area contributed by atoms with Crippen molar-refractivity contribution in [2.45, 2.75) is 6.61 Å². The first-order valence-electron chi connectivity index (χ1n) is 7.14. The van der Waals surface area contributed by atoms with Crippen LogP contribution in [0.25, 0.3) is 16.8 Å². The Morgan fingerprint density at radius 2 is 1.73 bits per heavy atom. The maximum absolute atomic E-state index is 12.2. The normalized spacial score (nSPS) is 10.6. The van der Waals surface area contributed by atoms with Gasteiger partial charge in [-0.2, -0.15) is 0 Å². The third-order valence-corrected chi connectivity index (χ3v) is 3.52. The molecule has 22 heavy (non-hydrogen) atoms. The Kier molecular flexibility index (Phi) is 4.17. The maximum atomic E-state index is 12.2. The van der Waals surface area contributed by atoms with E-state index in [9.17, 15) is 4.79 Å². The van der Waals surface area contributed by atoms with Crippen molar-refractivity contribution in [3.63, 3.8) is 0 Å². The predicted octanol–water partition coefficient (Wildman–Crippen LogP) is 3.65. The highest BCUT2D eigenvalue weighted by Gasteiger charge is 2.04. The van der Waals surface area contributed by atoms with Gasteiger partial charge in [-0.25, -0.2) is 0 Å². The predicted molar refractivity (Wildman–Crippen MR) is 88.2 cm³/mol. The van der Waals surface area contributed by atoms with Crippen LogP contribution in [-0.4, -0.2) is 11.7 Å². The second kappa shape index (κ2) is 6.41. The van der Waals surface area contributed by atoms with Crippen molar-refractivity contribution in [3.05, 3.63) is 88.8 Å². The minimum absolute atomic E-state index is 0.0470. The average molecular weight is 291 g/mol. The van der Waals surface area contributed by atoms with Crippen molar-refractivity contribution in [2.75, 3.05) is 7.11 Å². The lowest BCUT2D eigenvalue weighted by Crippen LogP contribution is -2.16. The Balaban J connectivity index is 2.07. The lowest BCUT2D eigenvalue weighted by molar-refractivity contribution is 0.185. The summed E-state index contributed by atoms with van der Waals surface area (Å²) >= 11 is 0. The van der Waals surface area contributed by atoms with Crippen LogP contribution in [0.15, 0.2) is 77.7 Å². The van der Waals surface area contributed by atoms with Crippen LogP contribution in [0.4, 0.5) is 0 Å². The standard InChI is InChI=1S/C19H17NO2/c1-22-14-15-6-5-9-18(12-15)20-13-17(10-11-19(20)21)16-7-3-2-4-8-16/h2-13H,14H2,1H3. The molecule has 0 saturated heterocycles. The van der Waals surface area contributed by atoms with Gasteiger partial charge >= 0.3 is 0 Å². The smallest absolute Gasteiger partial charge is 0.255 e. The second-order valence-electron chi connectivity index (χ2n) is 5.09. The van der Waals surface area contributed by atoms with Gasteiger partial charge < -0.3 is 4.74 Å². The number of methoxy groups -OCH3 is 1. The molecule has 3 heteroatoms. The molecule has 0 unspecified atom stereocenters. The van der Waals surface area contributed by atoms with Crippen LogP contribution in [0.5, 0.6) is 0 Å². The van der Waals surface area contributed by atoms with Crippen LogP contribution in [-0.2, 0) is 11.3 Å². The average Bonchev–Trinajstić information content (AvgIpc) is 2.57. The Labute approximate surface area is 129 Å². The van der Waals surface area contributed by atoms with Crippen LogP contribution in [0, 0.1) is 0 Å². The fraction of sp³-hybridized carbons (Fsp3) is 0.105. The summed E-state index contributed by atoms with van der Waals surface area (Å²) in [5.74, 6) is 0. The van der Waals surface area contributed by atoms with Crippen LogP contribution in [0.2, 0.25) is 0 Å². The Hall–Kier alpha value is -2.65. The minimum atomic E-state index is -0.0470. The van der Waals surface area contributed by atoms with E-state index in [1.807, 2.05) is 66.9 Å². The molecule has 3 rings (SSSR count). The zero-order chi connectivity index (χ0) is 15.4. The van der Waals surface area contributed by atoms with Gasteiger partial charge in [0.15, 0.2) is 0 Å². The molecule has 110 valence electrons. The monoisotopic (exact) mass is 291 g/mol. The highest BCUT2D eigenvalue weighted by atomic mass is 16.5. The Bertz CT molecular complexity index is 822. The number of hydrogen-bond acceptors (Lipinski definition) is 2. The van der Waals surface area contributed by atoms with E-state index in [0.717, 1.165) is 22.4 Å². The molecule has 3 aromatic rings. The first-order valence-corrected chi connectivity index (χ1v) is 7.14. The molecule has 0 atom stereocenters. The first kappa shape index (κ1) is 14.3. The number of nitrogens with zero attached hydrogens (tertiary/aromatic N) is 1. The summed E-state index contributed by atoms with van der Waals surface area (Å²) in [6.45, 7) is 0.529. The molecule has 0 aliphatic heterocycles. The molecular weight excluding hydrogens is 274 g/mol. The quantitative estimate of drug-likeness (QED) is 0.734. The zero-order valence-corrected chi connectivity index (χ0v) is 12.4. The highest BCUT2D eigenvalue weighted by molar-refractivity contribution is 5.62. The number of pyridine rings is 1. The molecule has 3 nitrogen and oxygen atoms in total. The third-order valence-electron chi connectivity index (χ3n) is 3.52. The molecular formula is C19H17NO2. The fourth-order valence-corrected chi connectivity index (χ4v) is 2.45. The molecule has 1 aromatic heterocycles. The van der Waals surface area contributed by atoms with Gasteiger partial charge in [0.05, 0.1) is 6.61 Å². The molecule has 2 aromatic carbocycles. The highest BCUT2D eigenvalue weighted by Crippen LogP contribution is 2.19. The third kappa shape index (κ3) is 3.00. The van der Waals surface area contributed by atoms with E-state index >= 15 is 0 Å². The van der Waals surface area contributed by atoms with Gasteiger partial charge in [0.1, 0.15) is 0 Å². The molecule has 0 aliphatic carbocycles. The molecule has 0 bridgehead atoms. The molecule has 0 aliphatic rings. The van der Waals surface area contributed by atoms with Gasteiger partial charge in [-0.3, -0.25) is 9.36 Å². The lowest BCUT2D eigenvalue weighted by atomic mass is 10.1. The number of hydrogen-bond donors (Lipinski definition) is 0. The van der Waals surface area contributed by atoms with Crippen molar-refractivity contribution < 1.29 is 4.74 Å². The summed E-state index contributed by atoms with van der Waals surface area (Å²) in [6.07, 6.45) is 1.88. The molecule has 1 heterocycles. The summed E-state index contributed by atoms with van der Waals surface area (Å²) in [7, 11) is 1.66. The Morgan fingerprint density at radius 3 is 2.50 bits per heavy atom. The Morgan fingerprint density at radius 1 is 0.909 bits per heavy atom. The van der Waals surface area contributed by atoms with Gasteiger partial charge in [-0.15, -0.1) is 0 Å². The number of rotatable bonds is 4. The molecule has 0 fully saturated rings. The van der Waals surface area contributed by atoms with Crippen molar-refractivity contribution in [3.8, 4) is 16.8 Å². The van der Waals surface area contributed by atoms with E-state index in [2.05, 4.69) is 0 Å². The van der Waals surface area contributed by atoms with E-state index in [4.69, 9.17) is 4.74 Å². The van der Waals surface area contributed by atoms with Crippen LogP contribution < -0.4 is 5.56 Å². The van der Waals surface area contributed by atoms with E-state index in [0.29, 0.717) is 6.61 Å². The minimum Gasteiger partial charge on any atom is -0.380 e. The van der Waals surface area contributed by atoms with Gasteiger partial charge in [0.25, 0.3) is 5.56 Å². The van der Waals surface area contributed by atoms with Crippen molar-refractivity contribution in [2.24, 2.45) is 0 Å². The van der Waals surface area contributed by atoms with E-state index in [1.165, 1.54) is 0 Å². The van der Waals surface area contributed by atoms with Gasteiger partial charge in [0.2, 0.25) is 0 Å². The van der Waals surface area contributed by atoms with Crippen LogP contribution in [0.1, 0.15) is 5.56 Å². The topological polar surface area (TPSA) is 31.2 Å². The summed E-state index contributed by atoms with van der Waals surface area (Å²) in [6, 6.07) is 21.3. The second-order valence-corrected chi connectivity index (χ2v) is 5.09. The summed E-state index contributed by atoms with van der Waals surface area (Å²) in [4.78, 5) is 12.2. The molecule has 0 amide bonds. The first-order chi connectivity index (χ1) is 10.8. The van der Waals surface area contributed by atoms with Gasteiger partial charge in [-0.1, -0.05) is 42.5 Å². The summed E-state index contributed by atoms with van der Waals surface area (Å²) in [5, 5.41) is 0. The van der Waals surface area contributed by atoms with Crippen molar-refractivity contribution >= 4 is 0 Å². The zero-order valence-electron chi connectivity index (χ0n) is 12.4. The molecule has 0 saturated carbocycles. The summed E-state index contributed by atoms with van der Waals surface area (Å²) in [5.41, 5.74) is 3.94. The van der Waals surface area contributed by atoms with E-state index in [-0.39, 0.29) is 5.56 Å². The summed E-state index contributed by atoms with van der Waals surface area (Å²) < 4.78 is 6.82. The SMILES string of the molecule is COCc1cccc(-n2cc(-c3ccccc3)ccc2=O)c1. The van der Waals surface area contributed by atoms with Crippen LogP contribution >= 0.6 is 0 Å². The molecule has 0 radical (unpaired) electrons. The van der Waals surface area contributed by atoms with Gasteiger partial charge in [0, 0.05) is 25.1 Å². The number of aromatic nitrogens is 1. The largest absolute Gasteiger partial charge is 0.380 e. The van der Waals surface area contributed by atoms with E-state index < -0.39 is 0 Å². The maximum Gasteiger partial charge on any atom is 0.255 e. The van der Waals surface area contributed by atoms with Crippen LogP contribution in [0.3, 0.4) is 0 Å². The number of benzene rings is 2. The van der Waals surface area contributed by atoms with Crippen molar-refractivity contribution in [1.82, 2.24) is 4.57 Å². The van der Waals surface area contributed by atoms with Gasteiger partial charge in [-0.05, 0) is 34.9 Å². The van der Waals surface area contributed by atoms with E-state index in [1.54, 1.807) is 17.7 Å². The lowest BCUT2D eigenvalue weighted by Gasteiger charge is -2.10. The molecule has 0 N–H and O–H groups in total. The van der Waals surface area contributed by atoms with Crippen molar-refractivity contribution in [1.29, 1.82) is 0 Å². The molecule has 0 spiro atoms.